The van der Waals surface area contributed by atoms with E-state index in [0.717, 1.165) is 67.4 Å². The zero-order valence-corrected chi connectivity index (χ0v) is 22.9. The number of ether oxygens (including phenoxy) is 2. The molecule has 38 heavy (non-hydrogen) atoms. The number of benzene rings is 1. The molecule has 200 valence electrons. The number of carbonyl (C=O) groups is 2. The lowest BCUT2D eigenvalue weighted by molar-refractivity contribution is -0.148. The normalized spacial score (nSPS) is 36.2. The zero-order valence-electron chi connectivity index (χ0n) is 22.9. The second-order valence-electron chi connectivity index (χ2n) is 12.1. The smallest absolute Gasteiger partial charge is 0.302 e. The average molecular weight is 515 g/mol. The number of amides is 1. The second-order valence-corrected chi connectivity index (χ2v) is 12.1. The molecule has 3 fully saturated rings. The maximum absolute atomic E-state index is 12.5. The number of methoxy groups -OCH3 is 1. The first-order valence-electron chi connectivity index (χ1n) is 13.8. The van der Waals surface area contributed by atoms with Gasteiger partial charge in [0.15, 0.2) is 0 Å². The number of nitriles is 1. The van der Waals surface area contributed by atoms with Gasteiger partial charge < -0.3 is 15.2 Å². The van der Waals surface area contributed by atoms with Crippen molar-refractivity contribution in [3.63, 3.8) is 0 Å². The van der Waals surface area contributed by atoms with Crippen molar-refractivity contribution in [1.29, 1.82) is 5.26 Å². The molecule has 0 unspecified atom stereocenters. The lowest BCUT2D eigenvalue weighted by atomic mass is 9.47. The van der Waals surface area contributed by atoms with Crippen LogP contribution >= 0.6 is 0 Å². The van der Waals surface area contributed by atoms with Crippen LogP contribution in [0.4, 0.5) is 0 Å². The van der Waals surface area contributed by atoms with Crippen molar-refractivity contribution in [3.05, 3.63) is 58.2 Å². The summed E-state index contributed by atoms with van der Waals surface area (Å²) < 4.78 is 11.0. The summed E-state index contributed by atoms with van der Waals surface area (Å²) in [6, 6.07) is 10.0. The summed E-state index contributed by atoms with van der Waals surface area (Å²) in [5.74, 6) is 1.21. The summed E-state index contributed by atoms with van der Waals surface area (Å²) in [6.45, 7) is 6.14. The molecule has 6 atom stereocenters. The van der Waals surface area contributed by atoms with E-state index in [4.69, 9.17) is 15.2 Å². The fraction of sp³-hybridized carbons (Fsp3) is 0.531. The predicted octanol–water partition coefficient (Wildman–Crippen LogP) is 5.89. The summed E-state index contributed by atoms with van der Waals surface area (Å²) >= 11 is 0. The number of nitrogens with two attached hydrogens (primary N) is 1. The third-order valence-corrected chi connectivity index (χ3v) is 10.2. The van der Waals surface area contributed by atoms with Gasteiger partial charge in [0.1, 0.15) is 23.5 Å². The highest BCUT2D eigenvalue weighted by Gasteiger charge is 2.59. The summed E-state index contributed by atoms with van der Waals surface area (Å²) in [7, 11) is 1.65. The van der Waals surface area contributed by atoms with Gasteiger partial charge in [0, 0.05) is 13.3 Å². The van der Waals surface area contributed by atoms with E-state index in [1.54, 1.807) is 7.11 Å². The molecule has 6 nitrogen and oxygen atoms in total. The third kappa shape index (κ3) is 4.26. The number of fused-ring (bicyclic) bond motifs is 5. The molecule has 5 rings (SSSR count). The molecule has 4 aliphatic carbocycles. The molecule has 1 amide bonds. The Hall–Kier alpha value is -3.33. The van der Waals surface area contributed by atoms with Gasteiger partial charge >= 0.3 is 5.97 Å². The highest BCUT2D eigenvalue weighted by atomic mass is 16.5. The molecule has 0 spiro atoms. The van der Waals surface area contributed by atoms with Crippen LogP contribution in [-0.4, -0.2) is 25.1 Å². The van der Waals surface area contributed by atoms with Crippen molar-refractivity contribution in [1.82, 2.24) is 0 Å². The minimum absolute atomic E-state index is 0.0237. The SMILES string of the molecule is COc1cccc(/C=C2\C[C@H]3[C@@H]4CC=C5C[C@@H](OC(C)=O)CC[C@]5(C)[C@H]4CC[C@]3(C)\C2=C(\C#N)C(N)=O)c1. The number of rotatable bonds is 4. The number of hydrogen-bond donors (Lipinski definition) is 1. The van der Waals surface area contributed by atoms with Gasteiger partial charge in [-0.1, -0.05) is 43.7 Å². The monoisotopic (exact) mass is 514 g/mol. The van der Waals surface area contributed by atoms with E-state index in [0.29, 0.717) is 17.8 Å². The number of carbonyl (C=O) groups excluding carboxylic acids is 2. The Balaban J connectivity index is 1.55. The van der Waals surface area contributed by atoms with Crippen LogP contribution in [0.15, 0.2) is 52.6 Å². The van der Waals surface area contributed by atoms with Crippen LogP contribution in [-0.2, 0) is 14.3 Å². The van der Waals surface area contributed by atoms with Gasteiger partial charge in [-0.3, -0.25) is 9.59 Å². The Labute approximate surface area is 225 Å². The highest BCUT2D eigenvalue weighted by molar-refractivity contribution is 5.98. The molecular formula is C32H38N2O4. The first-order valence-corrected chi connectivity index (χ1v) is 13.8. The number of esters is 1. The molecule has 0 aliphatic heterocycles. The zero-order chi connectivity index (χ0) is 27.2. The summed E-state index contributed by atoms with van der Waals surface area (Å²) in [5.41, 5.74) is 10.00. The van der Waals surface area contributed by atoms with Crippen LogP contribution < -0.4 is 10.5 Å². The summed E-state index contributed by atoms with van der Waals surface area (Å²) in [6.07, 6.45) is 11.0. The average Bonchev–Trinajstić information content (AvgIpc) is 3.16. The first kappa shape index (κ1) is 26.3. The van der Waals surface area contributed by atoms with Crippen LogP contribution in [0.1, 0.15) is 71.3 Å². The molecule has 0 aromatic heterocycles. The molecule has 2 N–H and O–H groups in total. The van der Waals surface area contributed by atoms with Gasteiger partial charge in [-0.25, -0.2) is 0 Å². The van der Waals surface area contributed by atoms with E-state index in [1.165, 1.54) is 12.5 Å². The van der Waals surface area contributed by atoms with Crippen LogP contribution in [0.5, 0.6) is 5.75 Å². The lowest BCUT2D eigenvalue weighted by Gasteiger charge is -2.57. The van der Waals surface area contributed by atoms with Gasteiger partial charge in [-0.15, -0.1) is 0 Å². The van der Waals surface area contributed by atoms with E-state index in [1.807, 2.05) is 24.3 Å². The Kier molecular flexibility index (Phi) is 6.75. The maximum atomic E-state index is 12.5. The van der Waals surface area contributed by atoms with Crippen molar-refractivity contribution < 1.29 is 19.1 Å². The number of allylic oxidation sites excluding steroid dienone is 3. The highest BCUT2D eigenvalue weighted by Crippen LogP contribution is 2.67. The largest absolute Gasteiger partial charge is 0.497 e. The van der Waals surface area contributed by atoms with Gasteiger partial charge in [0.2, 0.25) is 0 Å². The first-order chi connectivity index (χ1) is 18.1. The number of nitrogens with zero attached hydrogens (tertiary/aromatic N) is 1. The molecular weight excluding hydrogens is 476 g/mol. The second kappa shape index (κ2) is 9.76. The molecule has 1 aromatic rings. The predicted molar refractivity (Wildman–Crippen MR) is 145 cm³/mol. The van der Waals surface area contributed by atoms with Crippen molar-refractivity contribution in [2.45, 2.75) is 71.8 Å². The topological polar surface area (TPSA) is 102 Å². The lowest BCUT2D eigenvalue weighted by Crippen LogP contribution is -2.50. The van der Waals surface area contributed by atoms with Crippen LogP contribution in [0.2, 0.25) is 0 Å². The van der Waals surface area contributed by atoms with Gasteiger partial charge in [0.25, 0.3) is 5.91 Å². The number of hydrogen-bond acceptors (Lipinski definition) is 5. The fourth-order valence-corrected chi connectivity index (χ4v) is 8.42. The Morgan fingerprint density at radius 1 is 1.13 bits per heavy atom. The Morgan fingerprint density at radius 2 is 1.89 bits per heavy atom. The molecule has 6 heteroatoms. The van der Waals surface area contributed by atoms with Crippen LogP contribution in [0.25, 0.3) is 6.08 Å². The maximum Gasteiger partial charge on any atom is 0.302 e. The van der Waals surface area contributed by atoms with Gasteiger partial charge in [-0.05, 0) is 96.0 Å². The minimum atomic E-state index is -0.648. The molecule has 1 aromatic carbocycles. The molecule has 0 saturated heterocycles. The van der Waals surface area contributed by atoms with E-state index in [2.05, 4.69) is 32.1 Å². The quantitative estimate of drug-likeness (QED) is 0.234. The van der Waals surface area contributed by atoms with Crippen molar-refractivity contribution >= 4 is 18.0 Å². The van der Waals surface area contributed by atoms with Crippen LogP contribution in [0, 0.1) is 39.9 Å². The molecule has 0 radical (unpaired) electrons. The molecule has 0 heterocycles. The van der Waals surface area contributed by atoms with E-state index < -0.39 is 5.91 Å². The van der Waals surface area contributed by atoms with Gasteiger partial charge in [0.05, 0.1) is 7.11 Å². The van der Waals surface area contributed by atoms with E-state index in [-0.39, 0.29) is 28.5 Å². The summed E-state index contributed by atoms with van der Waals surface area (Å²) in [5, 5.41) is 10.0. The third-order valence-electron chi connectivity index (χ3n) is 10.2. The fourth-order valence-electron chi connectivity index (χ4n) is 8.42. The van der Waals surface area contributed by atoms with Crippen molar-refractivity contribution in [2.75, 3.05) is 7.11 Å². The Morgan fingerprint density at radius 3 is 2.58 bits per heavy atom. The minimum Gasteiger partial charge on any atom is -0.497 e. The molecule has 3 saturated carbocycles. The van der Waals surface area contributed by atoms with E-state index >= 15 is 0 Å². The standard InChI is InChI=1S/C32H38N2O4/c1-19(35)38-24-10-12-31(2)22(17-24)8-9-25-27(31)11-13-32(3)28(25)16-21(29(32)26(18-33)30(34)36)14-20-6-5-7-23(15-20)37-4/h5-8,14-15,24-25,27-28H,9-13,16-17H2,1-4H3,(H2,34,36)/b21-14+,29-26-/t24-,25+,27-,28-,31-,32-/m0/s1. The summed E-state index contributed by atoms with van der Waals surface area (Å²) in [4.78, 5) is 24.1. The van der Waals surface area contributed by atoms with E-state index in [9.17, 15) is 14.9 Å². The Bertz CT molecular complexity index is 1300. The molecule has 4 aliphatic rings. The van der Waals surface area contributed by atoms with Crippen molar-refractivity contribution in [2.24, 2.45) is 34.3 Å². The molecule has 0 bridgehead atoms. The number of primary amides is 1. The van der Waals surface area contributed by atoms with Crippen molar-refractivity contribution in [3.8, 4) is 11.8 Å². The van der Waals surface area contributed by atoms with Gasteiger partial charge in [-0.2, -0.15) is 5.26 Å². The van der Waals surface area contributed by atoms with Crippen LogP contribution in [0.3, 0.4) is 0 Å².